The first-order valence-electron chi connectivity index (χ1n) is 16.3. The monoisotopic (exact) mass is 695 g/mol. The summed E-state index contributed by atoms with van der Waals surface area (Å²) in [5, 5.41) is 30.0. The molecule has 4 heterocycles. The van der Waals surface area contributed by atoms with E-state index < -0.39 is 36.3 Å². The Hall–Kier alpha value is -6.22. The Bertz CT molecular complexity index is 1970. The highest BCUT2D eigenvalue weighted by Gasteiger charge is 2.37. The number of carbonyl (C=O) groups excluding carboxylic acids is 2. The van der Waals surface area contributed by atoms with Gasteiger partial charge in [0.2, 0.25) is 0 Å². The van der Waals surface area contributed by atoms with Crippen LogP contribution < -0.4 is 26.2 Å². The number of hydrogen-bond donors (Lipinski definition) is 6. The lowest BCUT2D eigenvalue weighted by atomic mass is 9.89. The SMILES string of the molecule is C[C@H]1CN(c2ccncc2NC(=O)c2nc3cc(C4=CCOCC4)ccc3cc2NC(=O)OCc2ccccc2)C[C@@H](NC(=O)O)[C@H]1NC(=O)O. The van der Waals surface area contributed by atoms with Crippen LogP contribution in [0.25, 0.3) is 16.5 Å². The predicted octanol–water partition coefficient (Wildman–Crippen LogP) is 5.16. The molecule has 15 heteroatoms. The molecule has 4 amide bonds. The maximum absolute atomic E-state index is 14.1. The summed E-state index contributed by atoms with van der Waals surface area (Å²) in [6.45, 7) is 3.38. The largest absolute Gasteiger partial charge is 0.465 e. The maximum Gasteiger partial charge on any atom is 0.412 e. The van der Waals surface area contributed by atoms with Crippen molar-refractivity contribution in [2.75, 3.05) is 41.8 Å². The molecule has 3 atom stereocenters. The molecule has 51 heavy (non-hydrogen) atoms. The zero-order valence-electron chi connectivity index (χ0n) is 27.7. The number of rotatable bonds is 9. The van der Waals surface area contributed by atoms with E-state index in [4.69, 9.17) is 14.5 Å². The summed E-state index contributed by atoms with van der Waals surface area (Å²) in [5.74, 6) is -0.959. The first-order valence-corrected chi connectivity index (χ1v) is 16.3. The van der Waals surface area contributed by atoms with E-state index in [0.717, 1.165) is 23.1 Å². The number of fused-ring (bicyclic) bond motifs is 1. The van der Waals surface area contributed by atoms with Gasteiger partial charge in [0.05, 0.1) is 54.1 Å². The molecule has 2 aromatic carbocycles. The Labute approximate surface area is 292 Å². The van der Waals surface area contributed by atoms with Crippen molar-refractivity contribution in [3.05, 3.63) is 96.0 Å². The number of anilines is 3. The van der Waals surface area contributed by atoms with Gasteiger partial charge in [-0.25, -0.2) is 19.4 Å². The number of benzene rings is 2. The van der Waals surface area contributed by atoms with E-state index >= 15 is 0 Å². The van der Waals surface area contributed by atoms with Crippen molar-refractivity contribution < 1.29 is 38.9 Å². The molecule has 0 unspecified atom stereocenters. The maximum atomic E-state index is 14.1. The van der Waals surface area contributed by atoms with Crippen molar-refractivity contribution in [3.8, 4) is 0 Å². The number of amides is 4. The van der Waals surface area contributed by atoms with Crippen molar-refractivity contribution in [3.63, 3.8) is 0 Å². The number of hydrogen-bond acceptors (Lipinski definition) is 9. The minimum Gasteiger partial charge on any atom is -0.465 e. The average molecular weight is 696 g/mol. The number of nitrogens with zero attached hydrogens (tertiary/aromatic N) is 3. The molecule has 0 aliphatic carbocycles. The lowest BCUT2D eigenvalue weighted by Crippen LogP contribution is -2.64. The molecule has 0 radical (unpaired) electrons. The molecule has 0 bridgehead atoms. The number of piperidine rings is 1. The summed E-state index contributed by atoms with van der Waals surface area (Å²) in [7, 11) is 0. The van der Waals surface area contributed by atoms with E-state index in [0.29, 0.717) is 42.0 Å². The average Bonchev–Trinajstić information content (AvgIpc) is 3.12. The molecule has 2 aromatic heterocycles. The molecular weight excluding hydrogens is 658 g/mol. The lowest BCUT2D eigenvalue weighted by molar-refractivity contribution is 0.102. The van der Waals surface area contributed by atoms with Crippen LogP contribution in [0.15, 0.2) is 79.1 Å². The van der Waals surface area contributed by atoms with Crippen molar-refractivity contribution in [1.29, 1.82) is 0 Å². The minimum atomic E-state index is -1.30. The number of ether oxygens (including phenoxy) is 2. The van der Waals surface area contributed by atoms with Gasteiger partial charge >= 0.3 is 18.3 Å². The van der Waals surface area contributed by atoms with Crippen LogP contribution in [0.5, 0.6) is 0 Å². The first-order chi connectivity index (χ1) is 24.6. The number of carbonyl (C=O) groups is 4. The second-order valence-corrected chi connectivity index (χ2v) is 12.3. The van der Waals surface area contributed by atoms with Crippen molar-refractivity contribution in [2.24, 2.45) is 5.92 Å². The Morgan fingerprint density at radius 2 is 1.76 bits per heavy atom. The van der Waals surface area contributed by atoms with Crippen molar-refractivity contribution in [1.82, 2.24) is 20.6 Å². The Balaban J connectivity index is 1.30. The van der Waals surface area contributed by atoms with Crippen LogP contribution in [0.4, 0.5) is 31.4 Å². The van der Waals surface area contributed by atoms with Gasteiger partial charge in [0.15, 0.2) is 5.69 Å². The number of pyridine rings is 2. The third-order valence-corrected chi connectivity index (χ3v) is 8.77. The number of carboxylic acid groups (broad SMARTS) is 2. The fourth-order valence-corrected chi connectivity index (χ4v) is 6.39. The zero-order valence-corrected chi connectivity index (χ0v) is 27.7. The van der Waals surface area contributed by atoms with E-state index in [-0.39, 0.29) is 30.5 Å². The topological polar surface area (TPSA) is 204 Å². The van der Waals surface area contributed by atoms with E-state index in [1.165, 1.54) is 12.4 Å². The number of aromatic nitrogens is 2. The molecule has 0 saturated carbocycles. The molecule has 1 fully saturated rings. The van der Waals surface area contributed by atoms with Gasteiger partial charge in [-0.15, -0.1) is 0 Å². The fourth-order valence-electron chi connectivity index (χ4n) is 6.39. The Kier molecular flexibility index (Phi) is 10.6. The van der Waals surface area contributed by atoms with Crippen LogP contribution in [0, 0.1) is 5.92 Å². The van der Waals surface area contributed by atoms with Crippen molar-refractivity contribution >= 4 is 57.7 Å². The van der Waals surface area contributed by atoms with Crippen LogP contribution in [0.2, 0.25) is 0 Å². The zero-order chi connectivity index (χ0) is 35.9. The first kappa shape index (κ1) is 34.6. The molecule has 15 nitrogen and oxygen atoms in total. The minimum absolute atomic E-state index is 0.0191. The summed E-state index contributed by atoms with van der Waals surface area (Å²) in [5.41, 5.74) is 4.26. The third-order valence-electron chi connectivity index (χ3n) is 8.77. The molecule has 1 saturated heterocycles. The summed E-state index contributed by atoms with van der Waals surface area (Å²) < 4.78 is 10.9. The third kappa shape index (κ3) is 8.51. The van der Waals surface area contributed by atoms with Crippen LogP contribution in [-0.2, 0) is 16.1 Å². The molecule has 2 aliphatic rings. The highest BCUT2D eigenvalue weighted by atomic mass is 16.5. The van der Waals surface area contributed by atoms with Gasteiger partial charge < -0.3 is 40.5 Å². The number of nitrogens with one attached hydrogen (secondary N) is 4. The van der Waals surface area contributed by atoms with Gasteiger partial charge in [0, 0.05) is 24.7 Å². The van der Waals surface area contributed by atoms with Crippen LogP contribution in [-0.4, -0.2) is 82.8 Å². The van der Waals surface area contributed by atoms with Gasteiger partial charge in [-0.2, -0.15) is 0 Å². The second-order valence-electron chi connectivity index (χ2n) is 12.3. The molecule has 6 N–H and O–H groups in total. The van der Waals surface area contributed by atoms with Crippen LogP contribution in [0.3, 0.4) is 0 Å². The highest BCUT2D eigenvalue weighted by molar-refractivity contribution is 6.11. The summed E-state index contributed by atoms with van der Waals surface area (Å²) in [4.78, 5) is 61.0. The fraction of sp³-hybridized carbons (Fsp3) is 0.278. The quantitative estimate of drug-likeness (QED) is 0.135. The summed E-state index contributed by atoms with van der Waals surface area (Å²) in [6.07, 6.45) is 2.41. The lowest BCUT2D eigenvalue weighted by Gasteiger charge is -2.43. The molecular formula is C36H37N7O8. The summed E-state index contributed by atoms with van der Waals surface area (Å²) in [6, 6.07) is 16.8. The van der Waals surface area contributed by atoms with E-state index in [2.05, 4.69) is 26.3 Å². The van der Waals surface area contributed by atoms with Gasteiger partial charge in [-0.3, -0.25) is 15.1 Å². The van der Waals surface area contributed by atoms with Crippen LogP contribution >= 0.6 is 0 Å². The summed E-state index contributed by atoms with van der Waals surface area (Å²) >= 11 is 0. The highest BCUT2D eigenvalue weighted by Crippen LogP contribution is 2.32. The Morgan fingerprint density at radius 3 is 2.51 bits per heavy atom. The van der Waals surface area contributed by atoms with Crippen molar-refractivity contribution in [2.45, 2.75) is 32.0 Å². The molecule has 0 spiro atoms. The van der Waals surface area contributed by atoms with E-state index in [1.54, 1.807) is 19.1 Å². The smallest absolute Gasteiger partial charge is 0.412 e. The van der Waals surface area contributed by atoms with E-state index in [9.17, 15) is 29.4 Å². The second kappa shape index (κ2) is 15.6. The molecule has 264 valence electrons. The van der Waals surface area contributed by atoms with Gasteiger partial charge in [-0.05, 0) is 47.2 Å². The standard InChI is InChI=1S/C36H37N7O8/c1-21-18-43(19-29(40-34(45)46)31(21)42-35(47)48)30-9-12-37-17-28(30)39-33(44)32-27(41-36(49)51-20-22-5-3-2-4-6-22)16-25-8-7-24(15-26(25)38-32)23-10-13-50-14-11-23/h2-10,12,15-17,21,29,31,40,42H,11,13-14,18-20H2,1H3,(H,39,44)(H,41,49)(H,45,46)(H,47,48)/t21-,29+,31-/m0/s1. The van der Waals surface area contributed by atoms with Crippen LogP contribution in [0.1, 0.15) is 35.0 Å². The van der Waals surface area contributed by atoms with Gasteiger partial charge in [-0.1, -0.05) is 55.5 Å². The molecule has 2 aliphatic heterocycles. The normalized spacial score (nSPS) is 18.6. The predicted molar refractivity (Wildman–Crippen MR) is 189 cm³/mol. The van der Waals surface area contributed by atoms with Gasteiger partial charge in [0.25, 0.3) is 5.91 Å². The van der Waals surface area contributed by atoms with Gasteiger partial charge in [0.1, 0.15) is 6.61 Å². The van der Waals surface area contributed by atoms with E-state index in [1.807, 2.05) is 59.5 Å². The molecule has 6 rings (SSSR count). The molecule has 4 aromatic rings. The Morgan fingerprint density at radius 1 is 0.961 bits per heavy atom.